The van der Waals surface area contributed by atoms with Crippen molar-refractivity contribution in [1.29, 1.82) is 0 Å². The summed E-state index contributed by atoms with van der Waals surface area (Å²) in [5.74, 6) is 0.823. The fraction of sp³-hybridized carbons (Fsp3) is 0.310. The van der Waals surface area contributed by atoms with Gasteiger partial charge in [0.15, 0.2) is 0 Å². The largest absolute Gasteiger partial charge is 0.497 e. The minimum atomic E-state index is -0.948. The third-order valence-electron chi connectivity index (χ3n) is 6.27. The summed E-state index contributed by atoms with van der Waals surface area (Å²) >= 11 is 0. The van der Waals surface area contributed by atoms with Crippen molar-refractivity contribution in [3.63, 3.8) is 0 Å². The molecule has 3 rings (SSSR count). The maximum atomic E-state index is 10.8. The van der Waals surface area contributed by atoms with Crippen LogP contribution in [0.5, 0.6) is 11.5 Å². The van der Waals surface area contributed by atoms with E-state index in [1.54, 1.807) is 20.3 Å². The quantitative estimate of drug-likeness (QED) is 0.299. The standard InChI is InChI=1S/C29H34O5/c1-5-22(19-30)28(31)21(2)20-34-29(23-9-7-6-8-10-23,24-11-15-26(32-3)16-12-24)25-13-17-27(33-4)18-14-25/h5-18,21-22,28,30-31H,1,19-20H2,2-4H3/t21-,22+,28-/m1/s1. The zero-order valence-corrected chi connectivity index (χ0v) is 20.1. The number of aliphatic hydroxyl groups is 2. The van der Waals surface area contributed by atoms with Crippen LogP contribution in [0.2, 0.25) is 0 Å². The van der Waals surface area contributed by atoms with E-state index in [1.165, 1.54) is 0 Å². The Balaban J connectivity index is 2.13. The topological polar surface area (TPSA) is 68.2 Å². The van der Waals surface area contributed by atoms with Crippen LogP contribution in [0.25, 0.3) is 0 Å². The number of methoxy groups -OCH3 is 2. The van der Waals surface area contributed by atoms with Crippen LogP contribution >= 0.6 is 0 Å². The Morgan fingerprint density at radius 1 is 0.824 bits per heavy atom. The molecule has 0 saturated heterocycles. The first-order valence-corrected chi connectivity index (χ1v) is 11.4. The Morgan fingerprint density at radius 3 is 1.71 bits per heavy atom. The number of benzene rings is 3. The molecule has 0 radical (unpaired) electrons. The summed E-state index contributed by atoms with van der Waals surface area (Å²) in [6.45, 7) is 5.72. The van der Waals surface area contributed by atoms with Crippen molar-refractivity contribution in [3.05, 3.63) is 108 Å². The van der Waals surface area contributed by atoms with E-state index < -0.39 is 17.6 Å². The highest BCUT2D eigenvalue weighted by atomic mass is 16.5. The van der Waals surface area contributed by atoms with Crippen molar-refractivity contribution in [3.8, 4) is 11.5 Å². The van der Waals surface area contributed by atoms with Gasteiger partial charge >= 0.3 is 0 Å². The lowest BCUT2D eigenvalue weighted by Crippen LogP contribution is -2.38. The molecule has 3 atom stereocenters. The van der Waals surface area contributed by atoms with E-state index in [0.717, 1.165) is 28.2 Å². The highest BCUT2D eigenvalue weighted by Gasteiger charge is 2.39. The molecule has 5 nitrogen and oxygen atoms in total. The molecule has 0 unspecified atom stereocenters. The summed E-state index contributed by atoms with van der Waals surface area (Å²) in [5, 5.41) is 20.4. The highest BCUT2D eigenvalue weighted by Crippen LogP contribution is 2.42. The first-order chi connectivity index (χ1) is 16.5. The second kappa shape index (κ2) is 11.8. The lowest BCUT2D eigenvalue weighted by atomic mass is 9.79. The molecule has 0 aromatic heterocycles. The Morgan fingerprint density at radius 2 is 1.29 bits per heavy atom. The van der Waals surface area contributed by atoms with E-state index in [-0.39, 0.29) is 19.1 Å². The Labute approximate surface area is 202 Å². The maximum absolute atomic E-state index is 10.8. The molecule has 0 spiro atoms. The SMILES string of the molecule is C=C[C@@H](CO)[C@H](O)[C@H](C)COC(c1ccccc1)(c1ccc(OC)cc1)c1ccc(OC)cc1. The van der Waals surface area contributed by atoms with Crippen LogP contribution in [0.15, 0.2) is 91.5 Å². The normalized spacial score (nSPS) is 14.1. The van der Waals surface area contributed by atoms with Crippen molar-refractivity contribution in [2.75, 3.05) is 27.4 Å². The van der Waals surface area contributed by atoms with E-state index in [9.17, 15) is 10.2 Å². The van der Waals surface area contributed by atoms with Gasteiger partial charge in [0.25, 0.3) is 0 Å². The molecule has 2 N–H and O–H groups in total. The van der Waals surface area contributed by atoms with E-state index in [2.05, 4.69) is 6.58 Å². The molecule has 0 bridgehead atoms. The highest BCUT2D eigenvalue weighted by molar-refractivity contribution is 5.49. The molecule has 0 amide bonds. The van der Waals surface area contributed by atoms with E-state index in [4.69, 9.17) is 14.2 Å². The summed E-state index contributed by atoms with van der Waals surface area (Å²) in [6, 6.07) is 25.7. The molecule has 34 heavy (non-hydrogen) atoms. The monoisotopic (exact) mass is 462 g/mol. The third-order valence-corrected chi connectivity index (χ3v) is 6.27. The molecular formula is C29H34O5. The van der Waals surface area contributed by atoms with Crippen LogP contribution < -0.4 is 9.47 Å². The van der Waals surface area contributed by atoms with Crippen molar-refractivity contribution < 1.29 is 24.4 Å². The predicted molar refractivity (Wildman–Crippen MR) is 134 cm³/mol. The molecule has 0 heterocycles. The van der Waals surface area contributed by atoms with Crippen LogP contribution in [-0.2, 0) is 10.3 Å². The zero-order chi connectivity index (χ0) is 24.6. The molecule has 3 aromatic carbocycles. The van der Waals surface area contributed by atoms with Crippen molar-refractivity contribution in [1.82, 2.24) is 0 Å². The van der Waals surface area contributed by atoms with Gasteiger partial charge < -0.3 is 24.4 Å². The Bertz CT molecular complexity index is 967. The van der Waals surface area contributed by atoms with Crippen molar-refractivity contribution in [2.24, 2.45) is 11.8 Å². The van der Waals surface area contributed by atoms with Gasteiger partial charge in [0.2, 0.25) is 0 Å². The van der Waals surface area contributed by atoms with Gasteiger partial charge in [0.1, 0.15) is 17.1 Å². The number of hydrogen-bond acceptors (Lipinski definition) is 5. The third kappa shape index (κ3) is 5.33. The number of ether oxygens (including phenoxy) is 3. The molecule has 5 heteroatoms. The summed E-state index contributed by atoms with van der Waals surface area (Å²) < 4.78 is 17.6. The molecule has 0 fully saturated rings. The average molecular weight is 463 g/mol. The second-order valence-corrected chi connectivity index (χ2v) is 8.37. The van der Waals surface area contributed by atoms with Gasteiger partial charge in [-0.2, -0.15) is 0 Å². The summed E-state index contributed by atoms with van der Waals surface area (Å²) in [5.41, 5.74) is 1.86. The van der Waals surface area contributed by atoms with Gasteiger partial charge in [0, 0.05) is 11.8 Å². The predicted octanol–water partition coefficient (Wildman–Crippen LogP) is 4.80. The Hall–Kier alpha value is -3.12. The zero-order valence-electron chi connectivity index (χ0n) is 20.1. The minimum absolute atomic E-state index is 0.171. The van der Waals surface area contributed by atoms with Gasteiger partial charge in [-0.1, -0.05) is 67.6 Å². The smallest absolute Gasteiger partial charge is 0.143 e. The van der Waals surface area contributed by atoms with Crippen LogP contribution in [0.1, 0.15) is 23.6 Å². The summed E-state index contributed by atoms with van der Waals surface area (Å²) in [7, 11) is 3.28. The molecule has 0 aliphatic heterocycles. The first-order valence-electron chi connectivity index (χ1n) is 11.4. The number of hydrogen-bond donors (Lipinski definition) is 2. The van der Waals surface area contributed by atoms with Crippen LogP contribution in [0, 0.1) is 11.8 Å². The maximum Gasteiger partial charge on any atom is 0.143 e. The van der Waals surface area contributed by atoms with Gasteiger partial charge in [-0.25, -0.2) is 0 Å². The Kier molecular flexibility index (Phi) is 8.88. The molecule has 3 aromatic rings. The van der Waals surface area contributed by atoms with Crippen LogP contribution in [0.3, 0.4) is 0 Å². The lowest BCUT2D eigenvalue weighted by molar-refractivity contribution is -0.0460. The van der Waals surface area contributed by atoms with Gasteiger partial charge in [-0.3, -0.25) is 0 Å². The fourth-order valence-electron chi connectivity index (χ4n) is 4.17. The van der Waals surface area contributed by atoms with E-state index in [1.807, 2.05) is 85.8 Å². The summed E-state index contributed by atoms with van der Waals surface area (Å²) in [6.07, 6.45) is 0.793. The van der Waals surface area contributed by atoms with E-state index in [0.29, 0.717) is 0 Å². The van der Waals surface area contributed by atoms with Gasteiger partial charge in [0.05, 0.1) is 33.5 Å². The fourth-order valence-corrected chi connectivity index (χ4v) is 4.17. The molecule has 0 aliphatic rings. The van der Waals surface area contributed by atoms with Gasteiger partial charge in [-0.15, -0.1) is 6.58 Å². The van der Waals surface area contributed by atoms with Crippen LogP contribution in [0.4, 0.5) is 0 Å². The lowest BCUT2D eigenvalue weighted by Gasteiger charge is -2.38. The number of rotatable bonds is 12. The van der Waals surface area contributed by atoms with Crippen molar-refractivity contribution in [2.45, 2.75) is 18.6 Å². The van der Waals surface area contributed by atoms with Crippen molar-refractivity contribution >= 4 is 0 Å². The molecule has 0 saturated carbocycles. The average Bonchev–Trinajstić information content (AvgIpc) is 2.90. The first kappa shape index (κ1) is 25.5. The van der Waals surface area contributed by atoms with Gasteiger partial charge in [-0.05, 0) is 41.0 Å². The number of aliphatic hydroxyl groups excluding tert-OH is 2. The molecule has 180 valence electrons. The minimum Gasteiger partial charge on any atom is -0.497 e. The second-order valence-electron chi connectivity index (χ2n) is 8.37. The van der Waals surface area contributed by atoms with Crippen LogP contribution in [-0.4, -0.2) is 43.8 Å². The summed E-state index contributed by atoms with van der Waals surface area (Å²) in [4.78, 5) is 0. The molecule has 0 aliphatic carbocycles. The molecular weight excluding hydrogens is 428 g/mol. The van der Waals surface area contributed by atoms with E-state index >= 15 is 0 Å².